The fourth-order valence-electron chi connectivity index (χ4n) is 2.91. The molecule has 1 N–H and O–H groups in total. The topological polar surface area (TPSA) is 67.8 Å². The second-order valence-corrected chi connectivity index (χ2v) is 8.14. The van der Waals surface area contributed by atoms with Crippen LogP contribution in [0.5, 0.6) is 0 Å². The highest BCUT2D eigenvalue weighted by Gasteiger charge is 2.14. The summed E-state index contributed by atoms with van der Waals surface area (Å²) >= 11 is 3.34. The summed E-state index contributed by atoms with van der Waals surface area (Å²) in [4.78, 5) is 25.0. The van der Waals surface area contributed by atoms with Gasteiger partial charge in [0.1, 0.15) is 5.70 Å². The maximum Gasteiger partial charge on any atom is 0.356 e. The van der Waals surface area contributed by atoms with E-state index in [1.807, 2.05) is 62.4 Å². The molecule has 0 amide bonds. The van der Waals surface area contributed by atoms with Crippen molar-refractivity contribution in [1.29, 1.82) is 0 Å². The molecular weight excluding hydrogens is 468 g/mol. The van der Waals surface area contributed by atoms with Crippen LogP contribution in [-0.2, 0) is 9.53 Å². The Morgan fingerprint density at radius 2 is 1.28 bits per heavy atom. The molecule has 0 aromatic heterocycles. The lowest BCUT2D eigenvalue weighted by atomic mass is 10.0. The van der Waals surface area contributed by atoms with E-state index < -0.39 is 5.97 Å². The fraction of sp³-hybridized carbons (Fsp3) is 0.115. The van der Waals surface area contributed by atoms with Gasteiger partial charge in [0.05, 0.1) is 12.8 Å². The van der Waals surface area contributed by atoms with E-state index in [-0.39, 0.29) is 11.5 Å². The van der Waals surface area contributed by atoms with Gasteiger partial charge >= 0.3 is 5.97 Å². The summed E-state index contributed by atoms with van der Waals surface area (Å²) in [6, 6.07) is 22.7. The van der Waals surface area contributed by atoms with Gasteiger partial charge < -0.3 is 4.74 Å². The first-order valence-corrected chi connectivity index (χ1v) is 10.7. The Balaban J connectivity index is 1.99. The number of benzene rings is 3. The van der Waals surface area contributed by atoms with Crippen molar-refractivity contribution in [1.82, 2.24) is 5.43 Å². The molecule has 0 fully saturated rings. The van der Waals surface area contributed by atoms with Crippen LogP contribution in [0.15, 0.2) is 94.1 Å². The van der Waals surface area contributed by atoms with Crippen molar-refractivity contribution in [3.05, 3.63) is 117 Å². The number of rotatable bonds is 7. The number of aryl methyl sites for hydroxylation is 2. The Labute approximate surface area is 195 Å². The third kappa shape index (κ3) is 6.02. The molecular formula is C26H23BrN2O3. The molecule has 0 unspecified atom stereocenters. The van der Waals surface area contributed by atoms with Crippen molar-refractivity contribution in [2.24, 2.45) is 5.10 Å². The van der Waals surface area contributed by atoms with Crippen LogP contribution < -0.4 is 5.43 Å². The lowest BCUT2D eigenvalue weighted by Gasteiger charge is -2.11. The maximum absolute atomic E-state index is 12.7. The quantitative estimate of drug-likeness (QED) is 0.159. The third-order valence-corrected chi connectivity index (χ3v) is 5.28. The molecule has 0 atom stereocenters. The van der Waals surface area contributed by atoms with Crippen LogP contribution in [0.3, 0.4) is 0 Å². The molecule has 0 heterocycles. The van der Waals surface area contributed by atoms with Crippen molar-refractivity contribution < 1.29 is 14.3 Å². The molecule has 162 valence electrons. The summed E-state index contributed by atoms with van der Waals surface area (Å²) in [7, 11) is 1.26. The van der Waals surface area contributed by atoms with Crippen molar-refractivity contribution in [2.75, 3.05) is 7.11 Å². The SMILES string of the molecule is COC(=O)C(=CC(=O)c1ccc(Br)cc1)NN=C(c1ccc(C)cc1)c1ccc(C)cc1. The number of esters is 1. The molecule has 6 heteroatoms. The average molecular weight is 491 g/mol. The molecule has 0 aliphatic carbocycles. The largest absolute Gasteiger partial charge is 0.464 e. The smallest absolute Gasteiger partial charge is 0.356 e. The summed E-state index contributed by atoms with van der Waals surface area (Å²) in [6.45, 7) is 4.02. The van der Waals surface area contributed by atoms with Gasteiger partial charge in [-0.25, -0.2) is 4.79 Å². The van der Waals surface area contributed by atoms with Gasteiger partial charge in [0.2, 0.25) is 0 Å². The van der Waals surface area contributed by atoms with Crippen LogP contribution in [0.25, 0.3) is 0 Å². The number of methoxy groups -OCH3 is 1. The molecule has 32 heavy (non-hydrogen) atoms. The number of ether oxygens (including phenoxy) is 1. The second-order valence-electron chi connectivity index (χ2n) is 7.23. The van der Waals surface area contributed by atoms with Gasteiger partial charge in [0.15, 0.2) is 5.78 Å². The molecule has 0 saturated carbocycles. The molecule has 0 spiro atoms. The van der Waals surface area contributed by atoms with Crippen molar-refractivity contribution in [3.63, 3.8) is 0 Å². The highest BCUT2D eigenvalue weighted by Crippen LogP contribution is 2.15. The number of hydrazone groups is 1. The summed E-state index contributed by atoms with van der Waals surface area (Å²) in [5, 5.41) is 4.49. The Morgan fingerprint density at radius 1 is 0.812 bits per heavy atom. The summed E-state index contributed by atoms with van der Waals surface area (Å²) < 4.78 is 5.70. The summed E-state index contributed by atoms with van der Waals surface area (Å²) in [5.74, 6) is -1.03. The minimum Gasteiger partial charge on any atom is -0.464 e. The van der Waals surface area contributed by atoms with Crippen molar-refractivity contribution >= 4 is 33.4 Å². The van der Waals surface area contributed by atoms with E-state index in [0.29, 0.717) is 11.3 Å². The van der Waals surface area contributed by atoms with E-state index >= 15 is 0 Å². The molecule has 3 rings (SSSR count). The van der Waals surface area contributed by atoms with E-state index in [2.05, 4.69) is 26.5 Å². The standard InChI is InChI=1S/C26H23BrN2O3/c1-17-4-8-20(9-5-17)25(21-10-6-18(2)7-11-21)29-28-23(26(31)32-3)16-24(30)19-12-14-22(27)15-13-19/h4-16,28H,1-3H3. The maximum atomic E-state index is 12.7. The number of hydrogen-bond donors (Lipinski definition) is 1. The Kier molecular flexibility index (Phi) is 7.73. The predicted octanol–water partition coefficient (Wildman–Crippen LogP) is 5.35. The number of halogens is 1. The Bertz CT molecular complexity index is 1120. The summed E-state index contributed by atoms with van der Waals surface area (Å²) in [5.41, 5.74) is 7.76. The molecule has 3 aromatic rings. The zero-order valence-corrected chi connectivity index (χ0v) is 19.6. The second kappa shape index (κ2) is 10.7. The minimum atomic E-state index is -0.689. The normalized spacial score (nSPS) is 10.9. The lowest BCUT2D eigenvalue weighted by molar-refractivity contribution is -0.136. The lowest BCUT2D eigenvalue weighted by Crippen LogP contribution is -2.21. The molecule has 0 aliphatic heterocycles. The molecule has 0 aliphatic rings. The first-order chi connectivity index (χ1) is 15.4. The van der Waals surface area contributed by atoms with Crippen LogP contribution >= 0.6 is 15.9 Å². The van der Waals surface area contributed by atoms with Gasteiger partial charge in [-0.15, -0.1) is 0 Å². The highest BCUT2D eigenvalue weighted by molar-refractivity contribution is 9.10. The zero-order valence-electron chi connectivity index (χ0n) is 18.1. The first-order valence-electron chi connectivity index (χ1n) is 9.95. The van der Waals surface area contributed by atoms with E-state index in [4.69, 9.17) is 4.74 Å². The number of carbonyl (C=O) groups is 2. The van der Waals surface area contributed by atoms with Crippen LogP contribution in [0.4, 0.5) is 0 Å². The predicted molar refractivity (Wildman–Crippen MR) is 130 cm³/mol. The van der Waals surface area contributed by atoms with E-state index in [1.165, 1.54) is 13.2 Å². The Hall–Kier alpha value is -3.51. The van der Waals surface area contributed by atoms with Gasteiger partial charge in [0, 0.05) is 27.2 Å². The molecule has 0 radical (unpaired) electrons. The van der Waals surface area contributed by atoms with Crippen LogP contribution in [0, 0.1) is 13.8 Å². The van der Waals surface area contributed by atoms with E-state index in [9.17, 15) is 9.59 Å². The Morgan fingerprint density at radius 3 is 1.75 bits per heavy atom. The third-order valence-electron chi connectivity index (χ3n) is 4.75. The van der Waals surface area contributed by atoms with E-state index in [0.717, 1.165) is 26.7 Å². The van der Waals surface area contributed by atoms with Crippen molar-refractivity contribution in [3.8, 4) is 0 Å². The average Bonchev–Trinajstić information content (AvgIpc) is 2.80. The van der Waals surface area contributed by atoms with Crippen LogP contribution in [-0.4, -0.2) is 24.6 Å². The number of ketones is 1. The number of nitrogens with one attached hydrogen (secondary N) is 1. The molecule has 3 aromatic carbocycles. The molecule has 0 saturated heterocycles. The van der Waals surface area contributed by atoms with E-state index in [1.54, 1.807) is 24.3 Å². The molecule has 5 nitrogen and oxygen atoms in total. The number of allylic oxidation sites excluding steroid dienone is 1. The van der Waals surface area contributed by atoms with Gasteiger partial charge in [0.25, 0.3) is 0 Å². The number of carbonyl (C=O) groups excluding carboxylic acids is 2. The molecule has 0 bridgehead atoms. The monoisotopic (exact) mass is 490 g/mol. The van der Waals surface area contributed by atoms with Gasteiger partial charge in [-0.3, -0.25) is 10.2 Å². The first kappa shape index (κ1) is 23.2. The van der Waals surface area contributed by atoms with Crippen LogP contribution in [0.2, 0.25) is 0 Å². The van der Waals surface area contributed by atoms with Crippen molar-refractivity contribution in [2.45, 2.75) is 13.8 Å². The van der Waals surface area contributed by atoms with Crippen LogP contribution in [0.1, 0.15) is 32.6 Å². The van der Waals surface area contributed by atoms with Gasteiger partial charge in [-0.05, 0) is 38.1 Å². The fourth-order valence-corrected chi connectivity index (χ4v) is 3.17. The van der Waals surface area contributed by atoms with Gasteiger partial charge in [-0.1, -0.05) is 75.6 Å². The minimum absolute atomic E-state index is 0.0582. The number of nitrogens with zero attached hydrogens (tertiary/aromatic N) is 1. The van der Waals surface area contributed by atoms with Gasteiger partial charge in [-0.2, -0.15) is 5.10 Å². The zero-order chi connectivity index (χ0) is 23.1. The highest BCUT2D eigenvalue weighted by atomic mass is 79.9. The summed E-state index contributed by atoms with van der Waals surface area (Å²) in [6.07, 6.45) is 1.19. The number of hydrogen-bond acceptors (Lipinski definition) is 5.